The van der Waals surface area contributed by atoms with Crippen LogP contribution in [0.2, 0.25) is 0 Å². The molecule has 0 saturated heterocycles. The summed E-state index contributed by atoms with van der Waals surface area (Å²) in [5.41, 5.74) is 1.35. The molecule has 0 unspecified atom stereocenters. The molecule has 1 heterocycles. The van der Waals surface area contributed by atoms with Gasteiger partial charge in [0, 0.05) is 5.56 Å². The Balaban J connectivity index is 2.27. The lowest BCUT2D eigenvalue weighted by Gasteiger charge is -2.08. The molecule has 0 aliphatic heterocycles. The molecule has 0 atom stereocenters. The Morgan fingerprint density at radius 2 is 1.69 bits per heavy atom. The van der Waals surface area contributed by atoms with E-state index in [0.717, 1.165) is 5.56 Å². The van der Waals surface area contributed by atoms with Crippen LogP contribution in [-0.2, 0) is 10.7 Å². The van der Waals surface area contributed by atoms with Crippen molar-refractivity contribution in [3.05, 3.63) is 65.4 Å². The number of alkyl halides is 2. The van der Waals surface area contributed by atoms with Gasteiger partial charge in [-0.05, 0) is 31.2 Å². The molecule has 0 aliphatic rings. The van der Waals surface area contributed by atoms with E-state index >= 15 is 0 Å². The monoisotopic (exact) mass is 373 g/mol. The molecule has 3 rings (SSSR count). The predicted molar refractivity (Wildman–Crippen MR) is 92.0 cm³/mol. The van der Waals surface area contributed by atoms with Crippen LogP contribution in [0.4, 0.5) is 8.78 Å². The summed E-state index contributed by atoms with van der Waals surface area (Å²) in [5, 5.41) is 13.3. The number of nitriles is 1. The maximum Gasteiger partial charge on any atom is 0.283 e. The molecule has 0 aliphatic carbocycles. The fraction of sp³-hybridized carbons (Fsp3) is 0.111. The summed E-state index contributed by atoms with van der Waals surface area (Å²) >= 11 is 0. The third kappa shape index (κ3) is 3.21. The molecular formula is C18H13F2N3O2S. The van der Waals surface area contributed by atoms with Crippen molar-refractivity contribution in [2.75, 3.05) is 0 Å². The lowest BCUT2D eigenvalue weighted by molar-refractivity contribution is 0.145. The number of rotatable bonds is 4. The number of halogens is 2. The number of aryl methyl sites for hydroxylation is 1. The second kappa shape index (κ2) is 7.06. The van der Waals surface area contributed by atoms with E-state index < -0.39 is 22.8 Å². The molecule has 0 spiro atoms. The van der Waals surface area contributed by atoms with Crippen LogP contribution < -0.4 is 0 Å². The van der Waals surface area contributed by atoms with Crippen LogP contribution >= 0.6 is 0 Å². The van der Waals surface area contributed by atoms with Crippen LogP contribution in [0.5, 0.6) is 0 Å². The van der Waals surface area contributed by atoms with Crippen LogP contribution in [0.15, 0.2) is 53.4 Å². The first kappa shape index (κ1) is 17.8. The van der Waals surface area contributed by atoms with Crippen LogP contribution in [0.25, 0.3) is 16.9 Å². The first-order valence-electron chi connectivity index (χ1n) is 7.55. The SMILES string of the molecule is Cc1ccc(-c2c(C#N)c(C(F)F)nn2-c2ccc([SH](=O)=O)cc2)cc1. The minimum Gasteiger partial charge on any atom is -0.231 e. The van der Waals surface area contributed by atoms with E-state index in [1.807, 2.05) is 13.0 Å². The molecule has 0 amide bonds. The van der Waals surface area contributed by atoms with Gasteiger partial charge < -0.3 is 0 Å². The van der Waals surface area contributed by atoms with Crippen molar-refractivity contribution in [3.63, 3.8) is 0 Å². The topological polar surface area (TPSA) is 75.8 Å². The third-order valence-electron chi connectivity index (χ3n) is 3.86. The van der Waals surface area contributed by atoms with Crippen LogP contribution in [0.3, 0.4) is 0 Å². The molecule has 3 aromatic rings. The van der Waals surface area contributed by atoms with Gasteiger partial charge in [0.2, 0.25) is 0 Å². The van der Waals surface area contributed by atoms with Crippen molar-refractivity contribution < 1.29 is 17.2 Å². The highest BCUT2D eigenvalue weighted by Gasteiger charge is 2.25. The fourth-order valence-electron chi connectivity index (χ4n) is 2.58. The molecule has 0 N–H and O–H groups in total. The van der Waals surface area contributed by atoms with Gasteiger partial charge in [-0.25, -0.2) is 21.9 Å². The van der Waals surface area contributed by atoms with Crippen molar-refractivity contribution in [1.29, 1.82) is 5.26 Å². The number of benzene rings is 2. The molecule has 132 valence electrons. The van der Waals surface area contributed by atoms with E-state index in [1.54, 1.807) is 24.3 Å². The number of hydrogen-bond acceptors (Lipinski definition) is 4. The number of hydrogen-bond donors (Lipinski definition) is 1. The molecule has 5 nitrogen and oxygen atoms in total. The van der Waals surface area contributed by atoms with Gasteiger partial charge >= 0.3 is 0 Å². The van der Waals surface area contributed by atoms with Gasteiger partial charge in [0.15, 0.2) is 10.7 Å². The summed E-state index contributed by atoms with van der Waals surface area (Å²) in [7, 11) is -2.75. The Bertz CT molecular complexity index is 1060. The summed E-state index contributed by atoms with van der Waals surface area (Å²) in [6.45, 7) is 1.89. The fourth-order valence-corrected chi connectivity index (χ4v) is 2.97. The van der Waals surface area contributed by atoms with Gasteiger partial charge in [0.25, 0.3) is 6.43 Å². The van der Waals surface area contributed by atoms with Crippen molar-refractivity contribution in [3.8, 4) is 23.0 Å². The van der Waals surface area contributed by atoms with E-state index in [4.69, 9.17) is 0 Å². The zero-order valence-electron chi connectivity index (χ0n) is 13.6. The molecule has 2 aromatic carbocycles. The maximum absolute atomic E-state index is 13.4. The van der Waals surface area contributed by atoms with Crippen molar-refractivity contribution in [1.82, 2.24) is 9.78 Å². The van der Waals surface area contributed by atoms with E-state index in [9.17, 15) is 22.5 Å². The molecule has 1 aromatic heterocycles. The lowest BCUT2D eigenvalue weighted by Crippen LogP contribution is -2.00. The Kier molecular flexibility index (Phi) is 4.82. The average molecular weight is 373 g/mol. The average Bonchev–Trinajstić information content (AvgIpc) is 3.02. The maximum atomic E-state index is 13.4. The molecule has 8 heteroatoms. The zero-order chi connectivity index (χ0) is 18.8. The minimum atomic E-state index is -2.91. The molecule has 0 radical (unpaired) electrons. The Morgan fingerprint density at radius 1 is 1.08 bits per heavy atom. The largest absolute Gasteiger partial charge is 0.283 e. The van der Waals surface area contributed by atoms with Gasteiger partial charge in [-0.3, -0.25) is 0 Å². The van der Waals surface area contributed by atoms with Crippen LogP contribution in [-0.4, -0.2) is 18.2 Å². The summed E-state index contributed by atoms with van der Waals surface area (Å²) in [4.78, 5) is 0.0994. The van der Waals surface area contributed by atoms with E-state index in [0.29, 0.717) is 11.3 Å². The second-order valence-electron chi connectivity index (χ2n) is 5.57. The molecule has 26 heavy (non-hydrogen) atoms. The second-order valence-corrected chi connectivity index (χ2v) is 6.60. The Labute approximate surface area is 150 Å². The molecular weight excluding hydrogens is 360 g/mol. The summed E-state index contributed by atoms with van der Waals surface area (Å²) in [5.74, 6) is 0. The highest BCUT2D eigenvalue weighted by atomic mass is 32.2. The minimum absolute atomic E-state index is 0.0994. The van der Waals surface area contributed by atoms with Crippen LogP contribution in [0, 0.1) is 18.3 Å². The third-order valence-corrected chi connectivity index (χ3v) is 4.58. The number of thiol groups is 1. The zero-order valence-corrected chi connectivity index (χ0v) is 14.5. The normalized spacial score (nSPS) is 11.1. The summed E-state index contributed by atoms with van der Waals surface area (Å²) in [6.07, 6.45) is -2.91. The lowest BCUT2D eigenvalue weighted by atomic mass is 10.0. The van der Waals surface area contributed by atoms with Crippen LogP contribution in [0.1, 0.15) is 23.2 Å². The Hall–Kier alpha value is -3.05. The number of nitrogens with zero attached hydrogens (tertiary/aromatic N) is 3. The highest BCUT2D eigenvalue weighted by Crippen LogP contribution is 2.33. The van der Waals surface area contributed by atoms with Crippen molar-refractivity contribution in [2.24, 2.45) is 0 Å². The summed E-state index contributed by atoms with van der Waals surface area (Å²) < 4.78 is 50.0. The van der Waals surface area contributed by atoms with Gasteiger partial charge in [-0.2, -0.15) is 10.4 Å². The van der Waals surface area contributed by atoms with Crippen molar-refractivity contribution >= 4 is 10.7 Å². The smallest absolute Gasteiger partial charge is 0.231 e. The first-order chi connectivity index (χ1) is 12.4. The van der Waals surface area contributed by atoms with Crippen molar-refractivity contribution in [2.45, 2.75) is 18.2 Å². The van der Waals surface area contributed by atoms with Gasteiger partial charge in [0.1, 0.15) is 17.3 Å². The van der Waals surface area contributed by atoms with E-state index in [1.165, 1.54) is 28.9 Å². The molecule has 0 fully saturated rings. The standard InChI is InChI=1S/C18H13F2N3O2S/c1-11-2-4-12(5-3-11)17-15(10-21)16(18(19)20)22-23(17)13-6-8-14(9-7-13)26(24)25/h2-9,18,26H,1H3. The quantitative estimate of drug-likeness (QED) is 0.709. The Morgan fingerprint density at radius 3 is 2.19 bits per heavy atom. The van der Waals surface area contributed by atoms with Gasteiger partial charge in [-0.15, -0.1) is 0 Å². The highest BCUT2D eigenvalue weighted by molar-refractivity contribution is 7.72. The van der Waals surface area contributed by atoms with Gasteiger partial charge in [0.05, 0.1) is 16.3 Å². The molecule has 0 bridgehead atoms. The summed E-state index contributed by atoms with van der Waals surface area (Å²) in [6, 6.07) is 14.5. The predicted octanol–water partition coefficient (Wildman–Crippen LogP) is 3.63. The first-order valence-corrected chi connectivity index (χ1v) is 8.73. The molecule has 0 saturated carbocycles. The van der Waals surface area contributed by atoms with E-state index in [2.05, 4.69) is 5.10 Å². The number of aromatic nitrogens is 2. The van der Waals surface area contributed by atoms with E-state index in [-0.39, 0.29) is 16.2 Å². The van der Waals surface area contributed by atoms with Gasteiger partial charge in [-0.1, -0.05) is 29.8 Å².